The summed E-state index contributed by atoms with van der Waals surface area (Å²) in [7, 11) is 0. The van der Waals surface area contributed by atoms with Crippen LogP contribution in [0.5, 0.6) is 0 Å². The minimum Gasteiger partial charge on any atom is -0.390 e. The van der Waals surface area contributed by atoms with Crippen molar-refractivity contribution in [2.45, 2.75) is 32.4 Å². The average molecular weight is 375 g/mol. The molecule has 136 valence electrons. The van der Waals surface area contributed by atoms with Crippen molar-refractivity contribution in [3.63, 3.8) is 0 Å². The third-order valence-corrected chi connectivity index (χ3v) is 4.66. The van der Waals surface area contributed by atoms with Crippen molar-refractivity contribution in [2.75, 3.05) is 6.54 Å². The van der Waals surface area contributed by atoms with Crippen molar-refractivity contribution >= 4 is 23.2 Å². The zero-order valence-corrected chi connectivity index (χ0v) is 15.2. The fourth-order valence-electron chi connectivity index (χ4n) is 2.92. The SMILES string of the molecule is CCC(=O)N(Cc1ccccc1Cl)C[C@H]1CC(c2cccc(F)c2)=NO1. The smallest absolute Gasteiger partial charge is 0.222 e. The predicted octanol–water partition coefficient (Wildman–Crippen LogP) is 4.41. The van der Waals surface area contributed by atoms with Gasteiger partial charge in [-0.2, -0.15) is 0 Å². The standard InChI is InChI=1S/C20H20ClFN2O2/c1-2-20(25)24(12-15-6-3-4-9-18(15)21)13-17-11-19(23-26-17)14-7-5-8-16(22)10-14/h3-10,17H,2,11-13H2,1H3/t17-/m1/s1. The quantitative estimate of drug-likeness (QED) is 0.751. The predicted molar refractivity (Wildman–Crippen MR) is 99.6 cm³/mol. The van der Waals surface area contributed by atoms with Crippen LogP contribution in [0.3, 0.4) is 0 Å². The van der Waals surface area contributed by atoms with Crippen LogP contribution in [0.15, 0.2) is 53.7 Å². The Hall–Kier alpha value is -2.40. The summed E-state index contributed by atoms with van der Waals surface area (Å²) in [5.41, 5.74) is 2.28. The van der Waals surface area contributed by atoms with Gasteiger partial charge in [-0.3, -0.25) is 4.79 Å². The van der Waals surface area contributed by atoms with E-state index in [1.165, 1.54) is 12.1 Å². The number of rotatable bonds is 6. The van der Waals surface area contributed by atoms with Crippen LogP contribution in [0.2, 0.25) is 5.02 Å². The monoisotopic (exact) mass is 374 g/mol. The molecule has 3 rings (SSSR count). The number of hydrogen-bond donors (Lipinski definition) is 0. The molecule has 2 aromatic rings. The third-order valence-electron chi connectivity index (χ3n) is 4.29. The molecule has 0 saturated heterocycles. The fourth-order valence-corrected chi connectivity index (χ4v) is 3.12. The summed E-state index contributed by atoms with van der Waals surface area (Å²) in [4.78, 5) is 19.6. The Balaban J connectivity index is 1.67. The van der Waals surface area contributed by atoms with Gasteiger partial charge in [0.05, 0.1) is 12.3 Å². The second kappa shape index (κ2) is 8.32. The van der Waals surface area contributed by atoms with Crippen LogP contribution in [-0.4, -0.2) is 29.2 Å². The van der Waals surface area contributed by atoms with Gasteiger partial charge in [-0.25, -0.2) is 4.39 Å². The largest absolute Gasteiger partial charge is 0.390 e. The molecular formula is C20H20ClFN2O2. The number of halogens is 2. The first-order valence-corrected chi connectivity index (χ1v) is 8.94. The molecule has 0 bridgehead atoms. The fraction of sp³-hybridized carbons (Fsp3) is 0.300. The van der Waals surface area contributed by atoms with Crippen molar-refractivity contribution in [2.24, 2.45) is 5.16 Å². The Morgan fingerprint density at radius 2 is 2.12 bits per heavy atom. The molecule has 1 aliphatic rings. The molecule has 0 spiro atoms. The first-order chi connectivity index (χ1) is 12.6. The van der Waals surface area contributed by atoms with Gasteiger partial charge < -0.3 is 9.74 Å². The lowest BCUT2D eigenvalue weighted by Gasteiger charge is -2.25. The summed E-state index contributed by atoms with van der Waals surface area (Å²) in [6.45, 7) is 2.65. The number of hydrogen-bond acceptors (Lipinski definition) is 3. The van der Waals surface area contributed by atoms with Crippen molar-refractivity contribution in [1.29, 1.82) is 0 Å². The highest BCUT2D eigenvalue weighted by atomic mass is 35.5. The second-order valence-electron chi connectivity index (χ2n) is 6.20. The van der Waals surface area contributed by atoms with Crippen LogP contribution < -0.4 is 0 Å². The topological polar surface area (TPSA) is 41.9 Å². The third kappa shape index (κ3) is 4.41. The highest BCUT2D eigenvalue weighted by Crippen LogP contribution is 2.21. The first-order valence-electron chi connectivity index (χ1n) is 8.56. The molecule has 1 amide bonds. The van der Waals surface area contributed by atoms with E-state index in [1.54, 1.807) is 17.0 Å². The molecule has 0 aliphatic carbocycles. The van der Waals surface area contributed by atoms with Gasteiger partial charge in [0, 0.05) is 30.0 Å². The zero-order chi connectivity index (χ0) is 18.5. The highest BCUT2D eigenvalue weighted by molar-refractivity contribution is 6.31. The minimum atomic E-state index is -0.310. The second-order valence-corrected chi connectivity index (χ2v) is 6.61. The van der Waals surface area contributed by atoms with E-state index in [1.807, 2.05) is 31.2 Å². The molecule has 1 heterocycles. The lowest BCUT2D eigenvalue weighted by molar-refractivity contribution is -0.133. The normalized spacial score (nSPS) is 16.1. The van der Waals surface area contributed by atoms with Crippen LogP contribution >= 0.6 is 11.6 Å². The number of oxime groups is 1. The maximum absolute atomic E-state index is 13.4. The molecule has 6 heteroatoms. The van der Waals surface area contributed by atoms with E-state index in [0.717, 1.165) is 5.56 Å². The zero-order valence-electron chi connectivity index (χ0n) is 14.5. The van der Waals surface area contributed by atoms with E-state index in [0.29, 0.717) is 42.2 Å². The van der Waals surface area contributed by atoms with Crippen molar-refractivity contribution in [1.82, 2.24) is 4.90 Å². The van der Waals surface area contributed by atoms with Crippen LogP contribution in [0, 0.1) is 5.82 Å². The molecule has 0 aromatic heterocycles. The van der Waals surface area contributed by atoms with Gasteiger partial charge in [-0.05, 0) is 23.8 Å². The van der Waals surface area contributed by atoms with Gasteiger partial charge in [-0.15, -0.1) is 0 Å². The van der Waals surface area contributed by atoms with Crippen LogP contribution in [0.25, 0.3) is 0 Å². The molecule has 26 heavy (non-hydrogen) atoms. The molecule has 0 unspecified atom stereocenters. The maximum atomic E-state index is 13.4. The van der Waals surface area contributed by atoms with Gasteiger partial charge in [0.15, 0.2) is 6.10 Å². The minimum absolute atomic E-state index is 0.0210. The van der Waals surface area contributed by atoms with Gasteiger partial charge in [0.25, 0.3) is 0 Å². The van der Waals surface area contributed by atoms with Gasteiger partial charge >= 0.3 is 0 Å². The van der Waals surface area contributed by atoms with Gasteiger partial charge in [0.2, 0.25) is 5.91 Å². The van der Waals surface area contributed by atoms with Crippen molar-refractivity contribution in [3.8, 4) is 0 Å². The lowest BCUT2D eigenvalue weighted by atomic mass is 10.0. The number of nitrogens with zero attached hydrogens (tertiary/aromatic N) is 2. The van der Waals surface area contributed by atoms with Crippen molar-refractivity contribution in [3.05, 3.63) is 70.5 Å². The molecule has 1 atom stereocenters. The summed E-state index contributed by atoms with van der Waals surface area (Å²) in [6, 6.07) is 13.7. The number of benzene rings is 2. The maximum Gasteiger partial charge on any atom is 0.222 e. The molecule has 1 aliphatic heterocycles. The average Bonchev–Trinajstić information content (AvgIpc) is 3.11. The van der Waals surface area contributed by atoms with E-state index >= 15 is 0 Å². The number of amides is 1. The first kappa shape index (κ1) is 18.4. The molecule has 2 aromatic carbocycles. The van der Waals surface area contributed by atoms with E-state index in [9.17, 15) is 9.18 Å². The van der Waals surface area contributed by atoms with Crippen LogP contribution in [0.4, 0.5) is 4.39 Å². The molecule has 0 radical (unpaired) electrons. The Morgan fingerprint density at radius 1 is 1.31 bits per heavy atom. The summed E-state index contributed by atoms with van der Waals surface area (Å²) < 4.78 is 13.4. The Bertz CT molecular complexity index is 825. The summed E-state index contributed by atoms with van der Waals surface area (Å²) >= 11 is 6.22. The summed E-state index contributed by atoms with van der Waals surface area (Å²) in [5.74, 6) is -0.289. The summed E-state index contributed by atoms with van der Waals surface area (Å²) in [6.07, 6.45) is 0.667. The summed E-state index contributed by atoms with van der Waals surface area (Å²) in [5, 5.41) is 4.71. The molecular weight excluding hydrogens is 355 g/mol. The molecule has 0 fully saturated rings. The Morgan fingerprint density at radius 3 is 2.85 bits per heavy atom. The highest BCUT2D eigenvalue weighted by Gasteiger charge is 2.26. The van der Waals surface area contributed by atoms with Gasteiger partial charge in [-0.1, -0.05) is 54.0 Å². The lowest BCUT2D eigenvalue weighted by Crippen LogP contribution is -2.37. The van der Waals surface area contributed by atoms with Crippen LogP contribution in [0.1, 0.15) is 30.9 Å². The molecule has 0 saturated carbocycles. The van der Waals surface area contributed by atoms with Crippen LogP contribution in [-0.2, 0) is 16.2 Å². The van der Waals surface area contributed by atoms with Crippen molar-refractivity contribution < 1.29 is 14.0 Å². The number of carbonyl (C=O) groups excluding carboxylic acids is 1. The molecule has 4 nitrogen and oxygen atoms in total. The van der Waals surface area contributed by atoms with E-state index in [2.05, 4.69) is 5.16 Å². The number of carbonyl (C=O) groups is 1. The van der Waals surface area contributed by atoms with E-state index in [4.69, 9.17) is 16.4 Å². The Labute approximate surface area is 157 Å². The van der Waals surface area contributed by atoms with E-state index in [-0.39, 0.29) is 17.8 Å². The Kier molecular flexibility index (Phi) is 5.89. The van der Waals surface area contributed by atoms with Gasteiger partial charge in [0.1, 0.15) is 5.82 Å². The molecule has 0 N–H and O–H groups in total. The van der Waals surface area contributed by atoms with E-state index < -0.39 is 0 Å².